The summed E-state index contributed by atoms with van der Waals surface area (Å²) in [4.78, 5) is 19.7. The molecule has 5 heteroatoms. The van der Waals surface area contributed by atoms with E-state index < -0.39 is 0 Å². The summed E-state index contributed by atoms with van der Waals surface area (Å²) in [6, 6.07) is 23.2. The van der Waals surface area contributed by atoms with E-state index in [4.69, 9.17) is 4.74 Å². The van der Waals surface area contributed by atoms with Gasteiger partial charge in [0.25, 0.3) is 5.91 Å². The highest BCUT2D eigenvalue weighted by molar-refractivity contribution is 5.98. The number of aromatic nitrogens is 2. The fourth-order valence-electron chi connectivity index (χ4n) is 2.83. The summed E-state index contributed by atoms with van der Waals surface area (Å²) < 4.78 is 5.85. The summed E-state index contributed by atoms with van der Waals surface area (Å²) in [5, 5.41) is 3.84. The maximum Gasteiger partial charge on any atom is 0.268 e. The predicted molar refractivity (Wildman–Crippen MR) is 104 cm³/mol. The van der Waals surface area contributed by atoms with Gasteiger partial charge in [-0.25, -0.2) is 0 Å². The van der Waals surface area contributed by atoms with Crippen molar-refractivity contribution in [2.24, 2.45) is 0 Å². The molecule has 134 valence electrons. The van der Waals surface area contributed by atoms with E-state index in [0.717, 1.165) is 27.9 Å². The van der Waals surface area contributed by atoms with Crippen LogP contribution in [-0.2, 0) is 13.2 Å². The van der Waals surface area contributed by atoms with Crippen molar-refractivity contribution in [1.29, 1.82) is 0 Å². The van der Waals surface area contributed by atoms with Crippen LogP contribution in [0.15, 0.2) is 79.0 Å². The van der Waals surface area contributed by atoms with E-state index in [1.54, 1.807) is 6.20 Å². The van der Waals surface area contributed by atoms with Gasteiger partial charge in [-0.15, -0.1) is 0 Å². The van der Waals surface area contributed by atoms with Crippen molar-refractivity contribution in [1.82, 2.24) is 15.3 Å². The Kier molecular flexibility index (Phi) is 4.83. The smallest absolute Gasteiger partial charge is 0.268 e. The van der Waals surface area contributed by atoms with E-state index in [9.17, 15) is 4.79 Å². The number of nitrogens with zero attached hydrogens (tertiary/aromatic N) is 1. The molecular weight excluding hydrogens is 338 g/mol. The van der Waals surface area contributed by atoms with Crippen LogP contribution in [0, 0.1) is 0 Å². The average molecular weight is 357 g/mol. The highest BCUT2D eigenvalue weighted by Gasteiger charge is 2.10. The Labute approximate surface area is 157 Å². The minimum absolute atomic E-state index is 0.163. The van der Waals surface area contributed by atoms with Crippen LogP contribution in [0.5, 0.6) is 5.75 Å². The molecule has 4 aromatic rings. The van der Waals surface area contributed by atoms with Crippen LogP contribution in [-0.4, -0.2) is 15.9 Å². The number of hydrogen-bond acceptors (Lipinski definition) is 3. The Hall–Kier alpha value is -3.60. The number of hydrogen-bond donors (Lipinski definition) is 2. The lowest BCUT2D eigenvalue weighted by Crippen LogP contribution is -2.23. The SMILES string of the molecule is O=C(NCc1ccccn1)c1cc2ccc(OCc3ccccc3)cc2[nH]1. The number of ether oxygens (including phenoxy) is 1. The van der Waals surface area contributed by atoms with Gasteiger partial charge in [-0.2, -0.15) is 0 Å². The normalized spacial score (nSPS) is 10.7. The number of fused-ring (bicyclic) bond motifs is 1. The van der Waals surface area contributed by atoms with E-state index in [1.165, 1.54) is 0 Å². The second-order valence-corrected chi connectivity index (χ2v) is 6.21. The average Bonchev–Trinajstić information content (AvgIpc) is 3.15. The number of H-pyrrole nitrogens is 1. The standard InChI is InChI=1S/C22H19N3O2/c26-22(24-14-18-8-4-5-11-23-18)21-12-17-9-10-19(13-20(17)25-21)27-15-16-6-2-1-3-7-16/h1-13,25H,14-15H2,(H,24,26). The number of rotatable bonds is 6. The van der Waals surface area contributed by atoms with Gasteiger partial charge in [0.05, 0.1) is 12.2 Å². The summed E-state index contributed by atoms with van der Waals surface area (Å²) in [6.45, 7) is 0.894. The molecule has 2 N–H and O–H groups in total. The molecule has 27 heavy (non-hydrogen) atoms. The van der Waals surface area contributed by atoms with Crippen LogP contribution in [0.3, 0.4) is 0 Å². The fourth-order valence-corrected chi connectivity index (χ4v) is 2.83. The molecular formula is C22H19N3O2. The van der Waals surface area contributed by atoms with Gasteiger partial charge in [0.15, 0.2) is 0 Å². The number of carbonyl (C=O) groups is 1. The molecule has 0 radical (unpaired) electrons. The second-order valence-electron chi connectivity index (χ2n) is 6.21. The van der Waals surface area contributed by atoms with Crippen LogP contribution in [0.1, 0.15) is 21.7 Å². The number of nitrogens with one attached hydrogen (secondary N) is 2. The topological polar surface area (TPSA) is 67.0 Å². The van der Waals surface area contributed by atoms with E-state index in [-0.39, 0.29) is 5.91 Å². The molecule has 0 spiro atoms. The van der Waals surface area contributed by atoms with E-state index in [1.807, 2.05) is 72.8 Å². The van der Waals surface area contributed by atoms with Gasteiger partial charge in [-0.05, 0) is 35.9 Å². The van der Waals surface area contributed by atoms with Crippen molar-refractivity contribution in [3.05, 3.63) is 95.9 Å². The number of aromatic amines is 1. The predicted octanol–water partition coefficient (Wildman–Crippen LogP) is 4.07. The Balaban J connectivity index is 1.43. The van der Waals surface area contributed by atoms with Crippen molar-refractivity contribution < 1.29 is 9.53 Å². The first-order valence-electron chi connectivity index (χ1n) is 8.75. The molecule has 0 saturated heterocycles. The zero-order chi connectivity index (χ0) is 18.5. The zero-order valence-electron chi connectivity index (χ0n) is 14.7. The maximum atomic E-state index is 12.4. The van der Waals surface area contributed by atoms with Crippen molar-refractivity contribution >= 4 is 16.8 Å². The minimum atomic E-state index is -0.163. The second kappa shape index (κ2) is 7.74. The van der Waals surface area contributed by atoms with Gasteiger partial charge in [0.2, 0.25) is 0 Å². The molecule has 2 aromatic carbocycles. The van der Waals surface area contributed by atoms with Gasteiger partial charge >= 0.3 is 0 Å². The third-order valence-corrected chi connectivity index (χ3v) is 4.24. The van der Waals surface area contributed by atoms with E-state index in [0.29, 0.717) is 18.8 Å². The molecule has 4 rings (SSSR count). The molecule has 5 nitrogen and oxygen atoms in total. The van der Waals surface area contributed by atoms with E-state index in [2.05, 4.69) is 15.3 Å². The van der Waals surface area contributed by atoms with Crippen molar-refractivity contribution in [3.63, 3.8) is 0 Å². The maximum absolute atomic E-state index is 12.4. The number of carbonyl (C=O) groups excluding carboxylic acids is 1. The Morgan fingerprint density at radius 3 is 2.67 bits per heavy atom. The minimum Gasteiger partial charge on any atom is -0.489 e. The lowest BCUT2D eigenvalue weighted by molar-refractivity contribution is 0.0946. The first-order chi connectivity index (χ1) is 13.3. The summed E-state index contributed by atoms with van der Waals surface area (Å²) >= 11 is 0. The molecule has 0 saturated carbocycles. The molecule has 0 fully saturated rings. The number of amides is 1. The third kappa shape index (κ3) is 4.15. The molecule has 0 unspecified atom stereocenters. The van der Waals surface area contributed by atoms with Crippen molar-refractivity contribution in [2.45, 2.75) is 13.2 Å². The first kappa shape index (κ1) is 16.8. The molecule has 0 aliphatic carbocycles. The molecule has 1 amide bonds. The van der Waals surface area contributed by atoms with Crippen LogP contribution >= 0.6 is 0 Å². The first-order valence-corrected chi connectivity index (χ1v) is 8.75. The van der Waals surface area contributed by atoms with Gasteiger partial charge in [0, 0.05) is 23.2 Å². The van der Waals surface area contributed by atoms with Gasteiger partial charge < -0.3 is 15.0 Å². The summed E-state index contributed by atoms with van der Waals surface area (Å²) in [5.41, 5.74) is 3.31. The quantitative estimate of drug-likeness (QED) is 0.547. The Morgan fingerprint density at radius 1 is 1.00 bits per heavy atom. The Morgan fingerprint density at radius 2 is 1.85 bits per heavy atom. The highest BCUT2D eigenvalue weighted by Crippen LogP contribution is 2.22. The third-order valence-electron chi connectivity index (χ3n) is 4.24. The van der Waals surface area contributed by atoms with Crippen molar-refractivity contribution in [3.8, 4) is 5.75 Å². The molecule has 0 aliphatic heterocycles. The van der Waals surface area contributed by atoms with Gasteiger partial charge in [-0.1, -0.05) is 36.4 Å². The van der Waals surface area contributed by atoms with E-state index >= 15 is 0 Å². The highest BCUT2D eigenvalue weighted by atomic mass is 16.5. The van der Waals surface area contributed by atoms with Crippen molar-refractivity contribution in [2.75, 3.05) is 0 Å². The number of benzene rings is 2. The molecule has 0 atom stereocenters. The van der Waals surface area contributed by atoms with Gasteiger partial charge in [-0.3, -0.25) is 9.78 Å². The summed E-state index contributed by atoms with van der Waals surface area (Å²) in [6.07, 6.45) is 1.71. The van der Waals surface area contributed by atoms with Gasteiger partial charge in [0.1, 0.15) is 18.1 Å². The lowest BCUT2D eigenvalue weighted by Gasteiger charge is -2.06. The molecule has 2 aromatic heterocycles. The Bertz CT molecular complexity index is 1040. The largest absolute Gasteiger partial charge is 0.489 e. The molecule has 0 aliphatic rings. The summed E-state index contributed by atoms with van der Waals surface area (Å²) in [5.74, 6) is 0.595. The zero-order valence-corrected chi connectivity index (χ0v) is 14.7. The number of pyridine rings is 1. The summed E-state index contributed by atoms with van der Waals surface area (Å²) in [7, 11) is 0. The van der Waals surface area contributed by atoms with Crippen LogP contribution in [0.2, 0.25) is 0 Å². The molecule has 0 bridgehead atoms. The van der Waals surface area contributed by atoms with Crippen LogP contribution < -0.4 is 10.1 Å². The molecule has 2 heterocycles. The lowest BCUT2D eigenvalue weighted by atomic mass is 10.2. The fraction of sp³-hybridized carbons (Fsp3) is 0.0909. The van der Waals surface area contributed by atoms with Crippen LogP contribution in [0.4, 0.5) is 0 Å². The van der Waals surface area contributed by atoms with Crippen LogP contribution in [0.25, 0.3) is 10.9 Å². The monoisotopic (exact) mass is 357 g/mol.